The monoisotopic (exact) mass is 426 g/mol. The lowest BCUT2D eigenvalue weighted by molar-refractivity contribution is -0.138. The molecule has 3 heterocycles. The number of aromatic nitrogens is 3. The van der Waals surface area contributed by atoms with Crippen molar-refractivity contribution >= 4 is 17.5 Å². The van der Waals surface area contributed by atoms with Crippen LogP contribution in [0.1, 0.15) is 40.0 Å². The fourth-order valence-corrected chi connectivity index (χ4v) is 3.85. The summed E-state index contributed by atoms with van der Waals surface area (Å²) in [6, 6.07) is 12.0. The number of halogens is 1. The topological polar surface area (TPSA) is 81.4 Å². The Bertz CT molecular complexity index is 1050. The zero-order valence-corrected chi connectivity index (χ0v) is 17.7. The molecule has 7 nitrogen and oxygen atoms in total. The molecule has 0 N–H and O–H groups in total. The first-order valence-corrected chi connectivity index (χ1v) is 10.2. The van der Waals surface area contributed by atoms with Gasteiger partial charge in [0, 0.05) is 17.3 Å². The van der Waals surface area contributed by atoms with Crippen molar-refractivity contribution in [3.05, 3.63) is 75.3 Å². The summed E-state index contributed by atoms with van der Waals surface area (Å²) in [5.74, 6) is -0.0195. The molecule has 8 heteroatoms. The maximum absolute atomic E-state index is 12.7. The predicted molar refractivity (Wildman–Crippen MR) is 111 cm³/mol. The second kappa shape index (κ2) is 8.93. The number of carbonyl (C=O) groups is 1. The van der Waals surface area contributed by atoms with Gasteiger partial charge in [-0.3, -0.25) is 9.78 Å². The van der Waals surface area contributed by atoms with Gasteiger partial charge >= 0.3 is 0 Å². The van der Waals surface area contributed by atoms with E-state index in [9.17, 15) is 4.79 Å². The summed E-state index contributed by atoms with van der Waals surface area (Å²) < 4.78 is 10.7. The third-order valence-electron chi connectivity index (χ3n) is 5.14. The normalized spacial score (nSPS) is 16.6. The minimum absolute atomic E-state index is 0.0195. The molecule has 1 aliphatic heterocycles. The highest BCUT2D eigenvalue weighted by Crippen LogP contribution is 2.24. The first-order chi connectivity index (χ1) is 14.5. The van der Waals surface area contributed by atoms with Gasteiger partial charge in [-0.15, -0.1) is 0 Å². The summed E-state index contributed by atoms with van der Waals surface area (Å²) >= 11 is 6.12. The Morgan fingerprint density at radius 3 is 2.83 bits per heavy atom. The Hall–Kier alpha value is -2.77. The van der Waals surface area contributed by atoms with Gasteiger partial charge < -0.3 is 9.64 Å². The molecule has 156 valence electrons. The van der Waals surface area contributed by atoms with Crippen LogP contribution in [0, 0.1) is 13.8 Å². The average Bonchev–Trinajstić information content (AvgIpc) is 3.12. The number of rotatable bonds is 5. The molecule has 1 aliphatic rings. The average molecular weight is 427 g/mol. The van der Waals surface area contributed by atoms with Crippen LogP contribution < -0.4 is 0 Å². The number of pyridine rings is 1. The summed E-state index contributed by atoms with van der Waals surface area (Å²) in [5, 5.41) is 8.27. The van der Waals surface area contributed by atoms with Crippen molar-refractivity contribution in [1.29, 1.82) is 0 Å². The van der Waals surface area contributed by atoms with Gasteiger partial charge in [0.05, 0.1) is 25.3 Å². The van der Waals surface area contributed by atoms with E-state index in [0.717, 1.165) is 34.0 Å². The zero-order valence-electron chi connectivity index (χ0n) is 17.0. The Morgan fingerprint density at radius 2 is 2.07 bits per heavy atom. The fraction of sp³-hybridized carbons (Fsp3) is 0.364. The van der Waals surface area contributed by atoms with Gasteiger partial charge in [-0.2, -0.15) is 0 Å². The van der Waals surface area contributed by atoms with E-state index in [1.165, 1.54) is 0 Å². The molecule has 1 aromatic carbocycles. The summed E-state index contributed by atoms with van der Waals surface area (Å²) in [4.78, 5) is 19.2. The minimum Gasteiger partial charge on any atom is -0.368 e. The molecule has 2 aromatic heterocycles. The van der Waals surface area contributed by atoms with Crippen molar-refractivity contribution in [2.24, 2.45) is 0 Å². The molecule has 0 saturated carbocycles. The SMILES string of the molecule is Cc1cc(Cc2cccc(Cl)c2)cc([C@H]2CN(C(=O)Cc3nonc3C)CCO2)n1. The third kappa shape index (κ3) is 4.86. The van der Waals surface area contributed by atoms with E-state index in [1.54, 1.807) is 11.8 Å². The van der Waals surface area contributed by atoms with Crippen LogP contribution >= 0.6 is 11.6 Å². The summed E-state index contributed by atoms with van der Waals surface area (Å²) in [5.41, 5.74) is 5.23. The van der Waals surface area contributed by atoms with Gasteiger partial charge in [0.25, 0.3) is 0 Å². The van der Waals surface area contributed by atoms with E-state index >= 15 is 0 Å². The number of benzene rings is 1. The maximum Gasteiger partial charge on any atom is 0.228 e. The van der Waals surface area contributed by atoms with Gasteiger partial charge in [0.15, 0.2) is 0 Å². The standard InChI is InChI=1S/C22H23ClN4O3/c1-14-8-17(9-16-4-3-5-18(23)10-16)11-20(24-14)21-13-27(6-7-29-21)22(28)12-19-15(2)25-30-26-19/h3-5,8,10-11,21H,6-7,9,12-13H2,1-2H3/t21-/m1/s1. The van der Waals surface area contributed by atoms with Crippen LogP contribution in [-0.2, 0) is 22.4 Å². The zero-order chi connectivity index (χ0) is 21.1. The minimum atomic E-state index is -0.266. The lowest BCUT2D eigenvalue weighted by Gasteiger charge is -2.33. The van der Waals surface area contributed by atoms with Gasteiger partial charge in [0.1, 0.15) is 17.5 Å². The Balaban J connectivity index is 1.48. The molecule has 30 heavy (non-hydrogen) atoms. The lowest BCUT2D eigenvalue weighted by atomic mass is 10.0. The van der Waals surface area contributed by atoms with Crippen LogP contribution in [0.25, 0.3) is 0 Å². The van der Waals surface area contributed by atoms with Gasteiger partial charge in [-0.1, -0.05) is 34.0 Å². The smallest absolute Gasteiger partial charge is 0.228 e. The largest absolute Gasteiger partial charge is 0.368 e. The van der Waals surface area contributed by atoms with Gasteiger partial charge in [-0.05, 0) is 55.7 Å². The quantitative estimate of drug-likeness (QED) is 0.621. The van der Waals surface area contributed by atoms with Crippen LogP contribution in [-0.4, -0.2) is 45.8 Å². The summed E-state index contributed by atoms with van der Waals surface area (Å²) in [7, 11) is 0. The Morgan fingerprint density at radius 1 is 1.20 bits per heavy atom. The van der Waals surface area contributed by atoms with Crippen molar-refractivity contribution in [3.8, 4) is 0 Å². The molecule has 0 aliphatic carbocycles. The second-order valence-corrected chi connectivity index (χ2v) is 7.96. The number of morpholine rings is 1. The predicted octanol–water partition coefficient (Wildman–Crippen LogP) is 3.47. The molecule has 0 spiro atoms. The van der Waals surface area contributed by atoms with Crippen molar-refractivity contribution in [3.63, 3.8) is 0 Å². The van der Waals surface area contributed by atoms with E-state index in [2.05, 4.69) is 33.5 Å². The van der Waals surface area contributed by atoms with Gasteiger partial charge in [-0.25, -0.2) is 4.63 Å². The van der Waals surface area contributed by atoms with E-state index in [1.807, 2.05) is 25.1 Å². The third-order valence-corrected chi connectivity index (χ3v) is 5.38. The van der Waals surface area contributed by atoms with Crippen molar-refractivity contribution < 1.29 is 14.2 Å². The molecular weight excluding hydrogens is 404 g/mol. The summed E-state index contributed by atoms with van der Waals surface area (Å²) in [6.07, 6.45) is 0.658. The molecule has 4 rings (SSSR count). The summed E-state index contributed by atoms with van der Waals surface area (Å²) in [6.45, 7) is 5.21. The molecule has 0 unspecified atom stereocenters. The number of hydrogen-bond donors (Lipinski definition) is 0. The first-order valence-electron chi connectivity index (χ1n) is 9.87. The highest BCUT2D eigenvalue weighted by Gasteiger charge is 2.27. The highest BCUT2D eigenvalue weighted by molar-refractivity contribution is 6.30. The Labute approximate surface area is 180 Å². The first kappa shape index (κ1) is 20.5. The van der Waals surface area contributed by atoms with Crippen LogP contribution in [0.5, 0.6) is 0 Å². The Kier molecular flexibility index (Phi) is 6.11. The molecule has 0 radical (unpaired) electrons. The van der Waals surface area contributed by atoms with Crippen LogP contribution in [0.3, 0.4) is 0 Å². The number of nitrogens with zero attached hydrogens (tertiary/aromatic N) is 4. The second-order valence-electron chi connectivity index (χ2n) is 7.52. The molecule has 1 fully saturated rings. The van der Waals surface area contributed by atoms with Crippen molar-refractivity contribution in [2.45, 2.75) is 32.8 Å². The fourth-order valence-electron chi connectivity index (χ4n) is 3.64. The molecule has 1 saturated heterocycles. The van der Waals surface area contributed by atoms with Crippen molar-refractivity contribution in [1.82, 2.24) is 20.2 Å². The molecule has 0 bridgehead atoms. The van der Waals surface area contributed by atoms with Crippen LogP contribution in [0.4, 0.5) is 0 Å². The van der Waals surface area contributed by atoms with Crippen LogP contribution in [0.15, 0.2) is 41.0 Å². The molecule has 1 atom stereocenters. The number of carbonyl (C=O) groups excluding carboxylic acids is 1. The van der Waals surface area contributed by atoms with Crippen molar-refractivity contribution in [2.75, 3.05) is 19.7 Å². The van der Waals surface area contributed by atoms with E-state index in [4.69, 9.17) is 21.0 Å². The van der Waals surface area contributed by atoms with Gasteiger partial charge in [0.2, 0.25) is 5.91 Å². The number of ether oxygens (including phenoxy) is 1. The maximum atomic E-state index is 12.7. The molecule has 1 amide bonds. The van der Waals surface area contributed by atoms with E-state index in [0.29, 0.717) is 31.1 Å². The number of aryl methyl sites for hydroxylation is 2. The highest BCUT2D eigenvalue weighted by atomic mass is 35.5. The number of amides is 1. The molecular formula is C22H23ClN4O3. The lowest BCUT2D eigenvalue weighted by Crippen LogP contribution is -2.43. The van der Waals surface area contributed by atoms with Crippen LogP contribution in [0.2, 0.25) is 5.02 Å². The molecule has 3 aromatic rings. The van der Waals surface area contributed by atoms with E-state index in [-0.39, 0.29) is 18.4 Å². The number of hydrogen-bond acceptors (Lipinski definition) is 6. The van der Waals surface area contributed by atoms with E-state index < -0.39 is 0 Å².